The summed E-state index contributed by atoms with van der Waals surface area (Å²) in [6, 6.07) is 6.93. The number of likely N-dealkylation sites (tertiary alicyclic amines) is 1. The van der Waals surface area contributed by atoms with Crippen molar-refractivity contribution in [2.75, 3.05) is 18.5 Å². The van der Waals surface area contributed by atoms with Crippen LogP contribution in [0.2, 0.25) is 0 Å². The first kappa shape index (κ1) is 13.4. The van der Waals surface area contributed by atoms with Crippen LogP contribution in [0.25, 0.3) is 0 Å². The normalized spacial score (nSPS) is 18.8. The topological polar surface area (TPSA) is 58.6 Å². The lowest BCUT2D eigenvalue weighted by Crippen LogP contribution is -2.34. The van der Waals surface area contributed by atoms with Gasteiger partial charge in [-0.1, -0.05) is 12.1 Å². The lowest BCUT2D eigenvalue weighted by molar-refractivity contribution is -0.138. The minimum absolute atomic E-state index is 0.126. The zero-order valence-electron chi connectivity index (χ0n) is 11.2. The largest absolute Gasteiger partial charge is 0.492 e. The Morgan fingerprint density at radius 2 is 2.05 bits per heavy atom. The SMILES string of the molecule is CCOc1ccccc1NC1CC(=O)N(CC)C1=O. The van der Waals surface area contributed by atoms with Crippen LogP contribution >= 0.6 is 0 Å². The fourth-order valence-electron chi connectivity index (χ4n) is 2.18. The van der Waals surface area contributed by atoms with Crippen molar-refractivity contribution in [1.82, 2.24) is 4.90 Å². The van der Waals surface area contributed by atoms with Gasteiger partial charge in [0.1, 0.15) is 11.8 Å². The first-order valence-electron chi connectivity index (χ1n) is 6.50. The van der Waals surface area contributed by atoms with Crippen LogP contribution in [0.15, 0.2) is 24.3 Å². The molecule has 1 saturated heterocycles. The van der Waals surface area contributed by atoms with Crippen molar-refractivity contribution >= 4 is 17.5 Å². The quantitative estimate of drug-likeness (QED) is 0.820. The number of para-hydroxylation sites is 2. The van der Waals surface area contributed by atoms with Crippen LogP contribution in [0.3, 0.4) is 0 Å². The maximum absolute atomic E-state index is 12.0. The molecule has 5 nitrogen and oxygen atoms in total. The molecule has 0 spiro atoms. The maximum Gasteiger partial charge on any atom is 0.252 e. The molecule has 1 aliphatic rings. The number of anilines is 1. The minimum atomic E-state index is -0.492. The van der Waals surface area contributed by atoms with Crippen molar-refractivity contribution in [2.45, 2.75) is 26.3 Å². The summed E-state index contributed by atoms with van der Waals surface area (Å²) in [6.45, 7) is 4.67. The van der Waals surface area contributed by atoms with Crippen molar-refractivity contribution in [3.8, 4) is 5.75 Å². The number of nitrogens with one attached hydrogen (secondary N) is 1. The molecule has 1 atom stereocenters. The Kier molecular flexibility index (Phi) is 4.04. The average molecular weight is 262 g/mol. The fraction of sp³-hybridized carbons (Fsp3) is 0.429. The second-order valence-electron chi connectivity index (χ2n) is 4.31. The number of carbonyl (C=O) groups excluding carboxylic acids is 2. The predicted octanol–water partition coefficient (Wildman–Crippen LogP) is 1.64. The monoisotopic (exact) mass is 262 g/mol. The van der Waals surface area contributed by atoms with E-state index >= 15 is 0 Å². The van der Waals surface area contributed by atoms with Crippen LogP contribution in [0, 0.1) is 0 Å². The molecule has 1 heterocycles. The molecule has 2 rings (SSSR count). The van der Waals surface area contributed by atoms with Crippen LogP contribution in [0.5, 0.6) is 5.75 Å². The van der Waals surface area contributed by atoms with Gasteiger partial charge in [-0.25, -0.2) is 0 Å². The van der Waals surface area contributed by atoms with Gasteiger partial charge in [-0.15, -0.1) is 0 Å². The van der Waals surface area contributed by atoms with E-state index in [0.29, 0.717) is 18.9 Å². The molecule has 0 aliphatic carbocycles. The minimum Gasteiger partial charge on any atom is -0.492 e. The summed E-state index contributed by atoms with van der Waals surface area (Å²) in [4.78, 5) is 25.0. The Bertz CT molecular complexity index is 487. The molecular formula is C14H18N2O3. The van der Waals surface area contributed by atoms with Gasteiger partial charge in [-0.05, 0) is 26.0 Å². The van der Waals surface area contributed by atoms with Gasteiger partial charge < -0.3 is 10.1 Å². The Balaban J connectivity index is 2.14. The Morgan fingerprint density at radius 3 is 2.68 bits per heavy atom. The van der Waals surface area contributed by atoms with Crippen molar-refractivity contribution in [2.24, 2.45) is 0 Å². The van der Waals surface area contributed by atoms with Crippen LogP contribution in [0.1, 0.15) is 20.3 Å². The first-order chi connectivity index (χ1) is 9.17. The van der Waals surface area contributed by atoms with Crippen LogP contribution in [-0.2, 0) is 9.59 Å². The van der Waals surface area contributed by atoms with Crippen LogP contribution in [0.4, 0.5) is 5.69 Å². The summed E-state index contributed by atoms with van der Waals surface area (Å²) in [5, 5.41) is 3.10. The van der Waals surface area contributed by atoms with E-state index < -0.39 is 6.04 Å². The number of imide groups is 1. The number of rotatable bonds is 5. The molecule has 2 amide bonds. The van der Waals surface area contributed by atoms with Crippen LogP contribution < -0.4 is 10.1 Å². The van der Waals surface area contributed by atoms with E-state index in [9.17, 15) is 9.59 Å². The molecule has 0 aromatic heterocycles. The standard InChI is InChI=1S/C14H18N2O3/c1-3-16-13(17)9-11(14(16)18)15-10-7-5-6-8-12(10)19-4-2/h5-8,11,15H,3-4,9H2,1-2H3. The highest BCUT2D eigenvalue weighted by Gasteiger charge is 2.37. The molecule has 1 aromatic rings. The number of likely N-dealkylation sites (N-methyl/N-ethyl adjacent to an activating group) is 1. The summed E-state index contributed by atoms with van der Waals surface area (Å²) < 4.78 is 5.49. The molecule has 0 radical (unpaired) electrons. The molecule has 1 aliphatic heterocycles. The molecule has 1 unspecified atom stereocenters. The van der Waals surface area contributed by atoms with Gasteiger partial charge in [0.25, 0.3) is 5.91 Å². The van der Waals surface area contributed by atoms with Gasteiger partial charge in [0.05, 0.1) is 18.7 Å². The summed E-state index contributed by atoms with van der Waals surface area (Å²) in [5.74, 6) is 0.401. The van der Waals surface area contributed by atoms with Crippen molar-refractivity contribution < 1.29 is 14.3 Å². The molecule has 102 valence electrons. The molecule has 5 heteroatoms. The van der Waals surface area contributed by atoms with Gasteiger partial charge in [0.2, 0.25) is 5.91 Å². The third kappa shape index (κ3) is 2.70. The molecule has 1 fully saturated rings. The highest BCUT2D eigenvalue weighted by Crippen LogP contribution is 2.26. The zero-order chi connectivity index (χ0) is 13.8. The number of hydrogen-bond acceptors (Lipinski definition) is 4. The van der Waals surface area contributed by atoms with Gasteiger partial charge in [-0.2, -0.15) is 0 Å². The molecule has 0 bridgehead atoms. The van der Waals surface area contributed by atoms with E-state index in [1.165, 1.54) is 4.90 Å². The lowest BCUT2D eigenvalue weighted by Gasteiger charge is -2.16. The fourth-order valence-corrected chi connectivity index (χ4v) is 2.18. The maximum atomic E-state index is 12.0. The van der Waals surface area contributed by atoms with E-state index in [-0.39, 0.29) is 18.2 Å². The molecular weight excluding hydrogens is 244 g/mol. The van der Waals surface area contributed by atoms with Gasteiger partial charge >= 0.3 is 0 Å². The number of ether oxygens (including phenoxy) is 1. The summed E-state index contributed by atoms with van der Waals surface area (Å²) in [5.41, 5.74) is 0.744. The third-order valence-electron chi connectivity index (χ3n) is 3.08. The number of carbonyl (C=O) groups is 2. The molecule has 1 N–H and O–H groups in total. The van der Waals surface area contributed by atoms with Gasteiger partial charge in [0, 0.05) is 6.54 Å². The lowest BCUT2D eigenvalue weighted by atomic mass is 10.2. The second-order valence-corrected chi connectivity index (χ2v) is 4.31. The number of nitrogens with zero attached hydrogens (tertiary/aromatic N) is 1. The molecule has 19 heavy (non-hydrogen) atoms. The van der Waals surface area contributed by atoms with E-state index in [4.69, 9.17) is 4.74 Å². The first-order valence-corrected chi connectivity index (χ1v) is 6.50. The molecule has 0 saturated carbocycles. The van der Waals surface area contributed by atoms with Gasteiger partial charge in [0.15, 0.2) is 0 Å². The summed E-state index contributed by atoms with van der Waals surface area (Å²) in [7, 11) is 0. The summed E-state index contributed by atoms with van der Waals surface area (Å²) in [6.07, 6.45) is 0.202. The number of amides is 2. The second kappa shape index (κ2) is 5.73. The average Bonchev–Trinajstić information content (AvgIpc) is 2.67. The van der Waals surface area contributed by atoms with E-state index in [1.54, 1.807) is 6.92 Å². The predicted molar refractivity (Wildman–Crippen MR) is 72.0 cm³/mol. The van der Waals surface area contributed by atoms with Crippen molar-refractivity contribution in [3.63, 3.8) is 0 Å². The zero-order valence-corrected chi connectivity index (χ0v) is 11.2. The van der Waals surface area contributed by atoms with E-state index in [2.05, 4.69) is 5.32 Å². The Hall–Kier alpha value is -2.04. The number of benzene rings is 1. The Morgan fingerprint density at radius 1 is 1.32 bits per heavy atom. The summed E-state index contributed by atoms with van der Waals surface area (Å²) >= 11 is 0. The van der Waals surface area contributed by atoms with Gasteiger partial charge in [-0.3, -0.25) is 14.5 Å². The highest BCUT2D eigenvalue weighted by atomic mass is 16.5. The van der Waals surface area contributed by atoms with Crippen molar-refractivity contribution in [3.05, 3.63) is 24.3 Å². The highest BCUT2D eigenvalue weighted by molar-refractivity contribution is 6.06. The van der Waals surface area contributed by atoms with E-state index in [1.807, 2.05) is 31.2 Å². The van der Waals surface area contributed by atoms with E-state index in [0.717, 1.165) is 5.69 Å². The van der Waals surface area contributed by atoms with Crippen molar-refractivity contribution in [1.29, 1.82) is 0 Å². The Labute approximate surface area is 112 Å². The number of hydrogen-bond donors (Lipinski definition) is 1. The third-order valence-corrected chi connectivity index (χ3v) is 3.08. The van der Waals surface area contributed by atoms with Crippen LogP contribution in [-0.4, -0.2) is 35.9 Å². The molecule has 1 aromatic carbocycles. The smallest absolute Gasteiger partial charge is 0.252 e.